The maximum Gasteiger partial charge on any atom is 0.0727 e. The largest absolute Gasteiger partial charge is 0.372 e. The average molecular weight is 479 g/mol. The van der Waals surface area contributed by atoms with Crippen LogP contribution in [0.5, 0.6) is 0 Å². The molecule has 0 radical (unpaired) electrons. The molecule has 0 N–H and O–H groups in total. The van der Waals surface area contributed by atoms with Gasteiger partial charge in [-0.05, 0) is 103 Å². The smallest absolute Gasteiger partial charge is 0.0727 e. The van der Waals surface area contributed by atoms with Crippen molar-refractivity contribution in [1.82, 2.24) is 0 Å². The number of rotatable bonds is 6. The first-order valence-corrected chi connectivity index (χ1v) is 12.8. The zero-order valence-corrected chi connectivity index (χ0v) is 21.5. The molecule has 6 aromatic rings. The molecule has 0 amide bonds. The number of benzene rings is 6. The molecule has 37 heavy (non-hydrogen) atoms. The van der Waals surface area contributed by atoms with Crippen LogP contribution in [0, 0.1) is 0 Å². The van der Waals surface area contributed by atoms with E-state index < -0.39 is 0 Å². The monoisotopic (exact) mass is 478 g/mol. The fraction of sp³-hybridized carbons (Fsp3) is 0.111. The number of hydrogen-bond acceptors (Lipinski definition) is 1. The van der Waals surface area contributed by atoms with Crippen molar-refractivity contribution >= 4 is 54.2 Å². The fourth-order valence-electron chi connectivity index (χ4n) is 5.45. The molecule has 0 saturated carbocycles. The van der Waals surface area contributed by atoms with Gasteiger partial charge in [-0.25, -0.2) is 0 Å². The van der Waals surface area contributed by atoms with Gasteiger partial charge in [-0.3, -0.25) is 0 Å². The third-order valence-electron chi connectivity index (χ3n) is 7.38. The summed E-state index contributed by atoms with van der Waals surface area (Å²) < 4.78 is 6.40. The quantitative estimate of drug-likeness (QED) is 0.216. The Balaban J connectivity index is 1.38. The molecule has 0 bridgehead atoms. The molecule has 0 heterocycles. The van der Waals surface area contributed by atoms with E-state index in [1.165, 1.54) is 65.3 Å². The molecule has 1 nitrogen and oxygen atoms in total. The van der Waals surface area contributed by atoms with Crippen molar-refractivity contribution in [1.29, 1.82) is 0 Å². The van der Waals surface area contributed by atoms with Crippen molar-refractivity contribution < 1.29 is 4.74 Å². The van der Waals surface area contributed by atoms with E-state index in [0.29, 0.717) is 13.2 Å². The Morgan fingerprint density at radius 1 is 0.514 bits per heavy atom. The predicted octanol–water partition coefficient (Wildman–Crippen LogP) is 10.1. The van der Waals surface area contributed by atoms with Crippen LogP contribution in [0.25, 0.3) is 54.2 Å². The minimum absolute atomic E-state index is 0.544. The fourth-order valence-corrected chi connectivity index (χ4v) is 5.45. The summed E-state index contributed by atoms with van der Waals surface area (Å²) in [6.45, 7) is 13.7. The molecule has 0 unspecified atom stereocenters. The molecular weight excluding hydrogens is 448 g/mol. The molecule has 0 spiro atoms. The van der Waals surface area contributed by atoms with Crippen LogP contribution < -0.4 is 0 Å². The molecule has 0 aliphatic carbocycles. The second-order valence-corrected chi connectivity index (χ2v) is 10.1. The van der Waals surface area contributed by atoms with Gasteiger partial charge in [-0.2, -0.15) is 0 Å². The highest BCUT2D eigenvalue weighted by atomic mass is 16.5. The Labute approximate surface area is 218 Å². The van der Waals surface area contributed by atoms with E-state index in [1.54, 1.807) is 0 Å². The Morgan fingerprint density at radius 2 is 0.865 bits per heavy atom. The van der Waals surface area contributed by atoms with E-state index in [2.05, 4.69) is 124 Å². The van der Waals surface area contributed by atoms with Crippen LogP contribution in [0.2, 0.25) is 0 Å². The number of allylic oxidation sites excluding steroid dienone is 2. The van der Waals surface area contributed by atoms with Gasteiger partial charge in [0.15, 0.2) is 0 Å². The van der Waals surface area contributed by atoms with E-state index in [9.17, 15) is 0 Å². The Morgan fingerprint density at radius 3 is 1.22 bits per heavy atom. The second-order valence-electron chi connectivity index (χ2n) is 10.1. The zero-order chi connectivity index (χ0) is 25.5. The van der Waals surface area contributed by atoms with Gasteiger partial charge in [-0.1, -0.05) is 97.1 Å². The molecule has 0 atom stereocenters. The lowest BCUT2D eigenvalue weighted by atomic mass is 9.93. The van der Waals surface area contributed by atoms with Gasteiger partial charge >= 0.3 is 0 Å². The van der Waals surface area contributed by atoms with Gasteiger partial charge in [0.25, 0.3) is 0 Å². The van der Waals surface area contributed by atoms with Crippen LogP contribution in [-0.4, -0.2) is 0 Å². The lowest BCUT2D eigenvalue weighted by Gasteiger charge is -2.15. The van der Waals surface area contributed by atoms with Gasteiger partial charge in [-0.15, -0.1) is 0 Å². The molecule has 0 saturated heterocycles. The van der Waals surface area contributed by atoms with Crippen LogP contribution in [0.1, 0.15) is 36.1 Å². The molecule has 0 fully saturated rings. The molecule has 0 aliphatic heterocycles. The molecule has 6 aromatic carbocycles. The standard InChI is InChI=1S/C36H30O/c1-23(2)31-15-13-29(33-17-25-9-5-7-11-27(25)19-35(31)33)21-37-22-30-14-16-32(24(3)4)36-20-28-12-8-6-10-26(28)18-34(30)36/h5-20H,1,3,21-22H2,2,4H3. The highest BCUT2D eigenvalue weighted by Gasteiger charge is 2.12. The summed E-state index contributed by atoms with van der Waals surface area (Å²) >= 11 is 0. The number of ether oxygens (including phenoxy) is 1. The first kappa shape index (κ1) is 23.2. The van der Waals surface area contributed by atoms with Gasteiger partial charge in [0.05, 0.1) is 13.2 Å². The minimum atomic E-state index is 0.544. The van der Waals surface area contributed by atoms with Gasteiger partial charge in [0, 0.05) is 0 Å². The van der Waals surface area contributed by atoms with E-state index >= 15 is 0 Å². The van der Waals surface area contributed by atoms with Crippen LogP contribution in [0.4, 0.5) is 0 Å². The Kier molecular flexibility index (Phi) is 5.87. The molecule has 1 heteroatoms. The van der Waals surface area contributed by atoms with E-state index in [1.807, 2.05) is 0 Å². The maximum absolute atomic E-state index is 6.40. The van der Waals surface area contributed by atoms with E-state index in [4.69, 9.17) is 4.74 Å². The third-order valence-corrected chi connectivity index (χ3v) is 7.38. The van der Waals surface area contributed by atoms with Crippen molar-refractivity contribution in [3.05, 3.63) is 132 Å². The summed E-state index contributed by atoms with van der Waals surface area (Å²) in [6.07, 6.45) is 0. The third kappa shape index (κ3) is 4.22. The molecule has 0 aromatic heterocycles. The van der Waals surface area contributed by atoms with Crippen molar-refractivity contribution in [3.63, 3.8) is 0 Å². The highest BCUT2D eigenvalue weighted by Crippen LogP contribution is 2.34. The van der Waals surface area contributed by atoms with Crippen LogP contribution >= 0.6 is 0 Å². The normalized spacial score (nSPS) is 11.5. The van der Waals surface area contributed by atoms with Gasteiger partial charge in [0.2, 0.25) is 0 Å². The SMILES string of the molecule is C=C(C)c1ccc(COCc2ccc(C(=C)C)c3cc4ccccc4cc23)c2cc3ccccc3cc12. The summed E-state index contributed by atoms with van der Waals surface area (Å²) in [7, 11) is 0. The molecular formula is C36H30O. The topological polar surface area (TPSA) is 9.23 Å². The summed E-state index contributed by atoms with van der Waals surface area (Å²) in [4.78, 5) is 0. The lowest BCUT2D eigenvalue weighted by Crippen LogP contribution is -1.98. The Hall–Kier alpha value is -4.20. The Bertz CT molecular complexity index is 1720. The number of fused-ring (bicyclic) bond motifs is 4. The summed E-state index contributed by atoms with van der Waals surface area (Å²) in [6, 6.07) is 35.0. The predicted molar refractivity (Wildman–Crippen MR) is 161 cm³/mol. The highest BCUT2D eigenvalue weighted by molar-refractivity contribution is 6.05. The van der Waals surface area contributed by atoms with Crippen molar-refractivity contribution in [2.45, 2.75) is 27.1 Å². The summed E-state index contributed by atoms with van der Waals surface area (Å²) in [5.74, 6) is 0. The van der Waals surface area contributed by atoms with Crippen molar-refractivity contribution in [2.75, 3.05) is 0 Å². The average Bonchev–Trinajstić information content (AvgIpc) is 2.90. The molecule has 6 rings (SSSR count). The lowest BCUT2D eigenvalue weighted by molar-refractivity contribution is 0.109. The first-order chi connectivity index (χ1) is 18.0. The van der Waals surface area contributed by atoms with E-state index in [0.717, 1.165) is 11.1 Å². The molecule has 0 aliphatic rings. The summed E-state index contributed by atoms with van der Waals surface area (Å²) in [5, 5.41) is 9.89. The maximum atomic E-state index is 6.40. The van der Waals surface area contributed by atoms with Gasteiger partial charge < -0.3 is 4.74 Å². The van der Waals surface area contributed by atoms with Crippen LogP contribution in [0.3, 0.4) is 0 Å². The summed E-state index contributed by atoms with van der Waals surface area (Å²) in [5.41, 5.74) is 6.92. The second kappa shape index (κ2) is 9.35. The minimum Gasteiger partial charge on any atom is -0.372 e. The number of hydrogen-bond donors (Lipinski definition) is 0. The van der Waals surface area contributed by atoms with Crippen molar-refractivity contribution in [2.24, 2.45) is 0 Å². The van der Waals surface area contributed by atoms with Gasteiger partial charge in [0.1, 0.15) is 0 Å². The van der Waals surface area contributed by atoms with Crippen LogP contribution in [-0.2, 0) is 18.0 Å². The zero-order valence-electron chi connectivity index (χ0n) is 21.5. The van der Waals surface area contributed by atoms with Crippen LogP contribution in [0.15, 0.2) is 110 Å². The van der Waals surface area contributed by atoms with Crippen molar-refractivity contribution in [3.8, 4) is 0 Å². The molecule has 180 valence electrons. The van der Waals surface area contributed by atoms with E-state index in [-0.39, 0.29) is 0 Å². The first-order valence-electron chi connectivity index (χ1n) is 12.8.